The number of nitrogens with one attached hydrogen (secondary N) is 2. The second kappa shape index (κ2) is 15.5. The van der Waals surface area contributed by atoms with E-state index in [-0.39, 0.29) is 4.90 Å². The number of hydrogen-bond donors (Lipinski definition) is 6. The fourth-order valence-electron chi connectivity index (χ4n) is 4.54. The number of phosphoric acid groups is 1. The van der Waals surface area contributed by atoms with Crippen LogP contribution in [-0.2, 0) is 28.6 Å². The van der Waals surface area contributed by atoms with Crippen molar-refractivity contribution in [2.45, 2.75) is 63.2 Å². The first kappa shape index (κ1) is 36.0. The Labute approximate surface area is 246 Å². The van der Waals surface area contributed by atoms with Crippen molar-refractivity contribution in [1.29, 1.82) is 0 Å². The third-order valence-electron chi connectivity index (χ3n) is 6.76. The fourth-order valence-corrected chi connectivity index (χ4v) is 6.26. The van der Waals surface area contributed by atoms with Gasteiger partial charge in [-0.25, -0.2) is 17.7 Å². The van der Waals surface area contributed by atoms with Crippen LogP contribution >= 0.6 is 7.82 Å². The molecule has 0 radical (unpaired) electrons. The van der Waals surface area contributed by atoms with Gasteiger partial charge < -0.3 is 39.9 Å². The Hall–Kier alpha value is -2.17. The lowest BCUT2D eigenvalue weighted by molar-refractivity contribution is -0.239. The first-order chi connectivity index (χ1) is 19.6. The Bertz CT molecular complexity index is 1330. The second-order valence-corrected chi connectivity index (χ2v) is 12.8. The van der Waals surface area contributed by atoms with Gasteiger partial charge in [-0.1, -0.05) is 45.0 Å². The van der Waals surface area contributed by atoms with Crippen LogP contribution in [0.1, 0.15) is 27.7 Å². The molecule has 0 saturated carbocycles. The summed E-state index contributed by atoms with van der Waals surface area (Å²) in [4.78, 5) is 34.0. The van der Waals surface area contributed by atoms with Crippen LogP contribution in [0.4, 0.5) is 5.69 Å². The molecule has 2 aromatic carbocycles. The van der Waals surface area contributed by atoms with Crippen LogP contribution in [0.3, 0.4) is 0 Å². The summed E-state index contributed by atoms with van der Waals surface area (Å²) < 4.78 is 49.8. The van der Waals surface area contributed by atoms with Crippen molar-refractivity contribution in [2.24, 2.45) is 0 Å². The normalized spacial score (nSPS) is 22.9. The molecule has 14 nitrogen and oxygen atoms in total. The van der Waals surface area contributed by atoms with Crippen molar-refractivity contribution in [3.63, 3.8) is 0 Å². The van der Waals surface area contributed by atoms with Gasteiger partial charge in [0.1, 0.15) is 24.4 Å². The zero-order valence-corrected chi connectivity index (χ0v) is 26.4. The first-order valence-corrected chi connectivity index (χ1v) is 16.5. The van der Waals surface area contributed by atoms with E-state index >= 15 is 0 Å². The predicted octanol–water partition coefficient (Wildman–Crippen LogP) is 0.593. The number of aliphatic hydroxyl groups is 2. The lowest BCUT2D eigenvalue weighted by Crippen LogP contribution is -2.65. The van der Waals surface area contributed by atoms with Gasteiger partial charge in [-0.2, -0.15) is 0 Å². The average molecular weight is 635 g/mol. The smallest absolute Gasteiger partial charge is 0.388 e. The molecule has 1 heterocycles. The van der Waals surface area contributed by atoms with Gasteiger partial charge in [0, 0.05) is 44.0 Å². The van der Waals surface area contributed by atoms with Crippen LogP contribution in [0.25, 0.3) is 10.8 Å². The molecule has 0 aliphatic carbocycles. The minimum absolute atomic E-state index is 0.0383. The van der Waals surface area contributed by atoms with E-state index in [0.29, 0.717) is 10.8 Å². The lowest BCUT2D eigenvalue weighted by Gasteiger charge is -2.42. The summed E-state index contributed by atoms with van der Waals surface area (Å²) in [5, 5.41) is 24.2. The molecule has 3 rings (SSSR count). The van der Waals surface area contributed by atoms with Crippen LogP contribution in [0.15, 0.2) is 41.3 Å². The Balaban J connectivity index is 0.000000782. The summed E-state index contributed by atoms with van der Waals surface area (Å²) in [7, 11) is -5.65. The SMILES string of the molecule is CC(=O)N[C@H]1[C@@H](OP(=O)(O)O)O[C@H](CNS(=O)(=O)c2cccc3c(N(C)C)cccc23)[C@@H](O)[C@@H]1O.CCN(CC)CC. The molecule has 0 unspecified atom stereocenters. The number of hydrogen-bond acceptors (Lipinski definition) is 10. The Morgan fingerprint density at radius 2 is 1.57 bits per heavy atom. The Morgan fingerprint density at radius 1 is 1.00 bits per heavy atom. The molecule has 1 aliphatic rings. The second-order valence-electron chi connectivity index (χ2n) is 9.84. The van der Waals surface area contributed by atoms with Gasteiger partial charge >= 0.3 is 7.82 Å². The summed E-state index contributed by atoms with van der Waals surface area (Å²) in [6.45, 7) is 10.6. The highest BCUT2D eigenvalue weighted by Crippen LogP contribution is 2.40. The van der Waals surface area contributed by atoms with Gasteiger partial charge in [-0.3, -0.25) is 9.32 Å². The molecule has 0 spiro atoms. The molecular weight excluding hydrogens is 591 g/mol. The maximum atomic E-state index is 13.1. The van der Waals surface area contributed by atoms with Gasteiger partial charge in [0.2, 0.25) is 15.9 Å². The highest BCUT2D eigenvalue weighted by molar-refractivity contribution is 7.89. The van der Waals surface area contributed by atoms with Crippen molar-refractivity contribution < 1.29 is 47.0 Å². The van der Waals surface area contributed by atoms with E-state index in [1.54, 1.807) is 24.3 Å². The molecule has 0 bridgehead atoms. The number of sulfonamides is 1. The van der Waals surface area contributed by atoms with Crippen LogP contribution in [-0.4, -0.2) is 110 Å². The predicted molar refractivity (Wildman–Crippen MR) is 158 cm³/mol. The third kappa shape index (κ3) is 9.67. The Kier molecular flexibility index (Phi) is 13.3. The first-order valence-electron chi connectivity index (χ1n) is 13.5. The van der Waals surface area contributed by atoms with E-state index in [1.807, 2.05) is 25.1 Å². The fraction of sp³-hybridized carbons (Fsp3) is 0.577. The number of carbonyl (C=O) groups excluding carboxylic acids is 1. The van der Waals surface area contributed by atoms with Gasteiger partial charge in [-0.05, 0) is 31.8 Å². The van der Waals surface area contributed by atoms with E-state index in [9.17, 15) is 28.0 Å². The van der Waals surface area contributed by atoms with Crippen LogP contribution < -0.4 is 14.9 Å². The zero-order valence-electron chi connectivity index (χ0n) is 24.7. The number of nitrogens with zero attached hydrogens (tertiary/aromatic N) is 2. The quantitative estimate of drug-likeness (QED) is 0.189. The van der Waals surface area contributed by atoms with Crippen molar-refractivity contribution in [3.05, 3.63) is 36.4 Å². The number of phosphoric ester groups is 1. The number of fused-ring (bicyclic) bond motifs is 1. The van der Waals surface area contributed by atoms with Gasteiger partial charge in [0.05, 0.1) is 4.90 Å². The number of ether oxygens (including phenoxy) is 1. The number of amides is 1. The van der Waals surface area contributed by atoms with E-state index in [4.69, 9.17) is 14.5 Å². The molecule has 1 aliphatic heterocycles. The molecule has 1 amide bonds. The van der Waals surface area contributed by atoms with E-state index in [1.165, 1.54) is 25.7 Å². The molecular formula is C26H43N4O10PS. The maximum Gasteiger partial charge on any atom is 0.472 e. The Morgan fingerprint density at radius 3 is 2.07 bits per heavy atom. The zero-order chi connectivity index (χ0) is 31.8. The molecule has 6 N–H and O–H groups in total. The summed E-state index contributed by atoms with van der Waals surface area (Å²) in [5.74, 6) is -0.684. The summed E-state index contributed by atoms with van der Waals surface area (Å²) in [5.41, 5.74) is 0.801. The van der Waals surface area contributed by atoms with Crippen molar-refractivity contribution in [3.8, 4) is 0 Å². The van der Waals surface area contributed by atoms with Crippen molar-refractivity contribution in [2.75, 3.05) is 45.2 Å². The molecule has 2 aromatic rings. The summed E-state index contributed by atoms with van der Waals surface area (Å²) in [6.07, 6.45) is -6.83. The number of benzene rings is 2. The number of anilines is 1. The number of aliphatic hydroxyl groups excluding tert-OH is 2. The van der Waals surface area contributed by atoms with Crippen molar-refractivity contribution >= 4 is 40.2 Å². The number of carbonyl (C=O) groups is 1. The standard InChI is InChI=1S/C20H28N3O10PS.C6H15N/c1-11(24)22-17-19(26)18(25)15(32-20(17)33-34(27,28)29)10-21-35(30,31)16-9-5-6-12-13(16)7-4-8-14(12)23(2)3;1-4-7(5-2)6-3/h4-9,15,17-21,25-26H,10H2,1-3H3,(H,22,24)(H2,27,28,29);4-6H2,1-3H3/t15-,17-,18-,19-,20-;/m1./s1. The summed E-state index contributed by atoms with van der Waals surface area (Å²) in [6, 6.07) is 8.45. The minimum Gasteiger partial charge on any atom is -0.388 e. The van der Waals surface area contributed by atoms with Crippen LogP contribution in [0.5, 0.6) is 0 Å². The molecule has 16 heteroatoms. The van der Waals surface area contributed by atoms with E-state index in [0.717, 1.165) is 12.6 Å². The topological polar surface area (TPSA) is 198 Å². The van der Waals surface area contributed by atoms with Crippen LogP contribution in [0, 0.1) is 0 Å². The third-order valence-corrected chi connectivity index (χ3v) is 8.72. The highest BCUT2D eigenvalue weighted by Gasteiger charge is 2.47. The average Bonchev–Trinajstić information content (AvgIpc) is 2.91. The molecule has 1 fully saturated rings. The van der Waals surface area contributed by atoms with Gasteiger partial charge in [0.25, 0.3) is 0 Å². The summed E-state index contributed by atoms with van der Waals surface area (Å²) >= 11 is 0. The monoisotopic (exact) mass is 634 g/mol. The highest BCUT2D eigenvalue weighted by atomic mass is 32.2. The molecule has 0 aromatic heterocycles. The van der Waals surface area contributed by atoms with Crippen LogP contribution in [0.2, 0.25) is 0 Å². The van der Waals surface area contributed by atoms with E-state index < -0.39 is 60.9 Å². The van der Waals surface area contributed by atoms with Gasteiger partial charge in [0.15, 0.2) is 6.29 Å². The molecule has 1 saturated heterocycles. The lowest BCUT2D eigenvalue weighted by atomic mass is 9.97. The van der Waals surface area contributed by atoms with Gasteiger partial charge in [-0.15, -0.1) is 0 Å². The van der Waals surface area contributed by atoms with E-state index in [2.05, 4.69) is 40.2 Å². The molecule has 5 atom stereocenters. The molecule has 238 valence electrons. The minimum atomic E-state index is -5.14. The maximum absolute atomic E-state index is 13.1. The number of rotatable bonds is 11. The van der Waals surface area contributed by atoms with Crippen molar-refractivity contribution in [1.82, 2.24) is 14.9 Å². The largest absolute Gasteiger partial charge is 0.472 e. The molecule has 42 heavy (non-hydrogen) atoms.